The number of nitrogens with one attached hydrogen (secondary N) is 2. The molecule has 4 heteroatoms. The van der Waals surface area contributed by atoms with Crippen molar-refractivity contribution in [3.05, 3.63) is 11.6 Å². The number of hydrogen-bond donors (Lipinski definition) is 3. The molecule has 4 rings (SSSR count). The van der Waals surface area contributed by atoms with Crippen LogP contribution in [0.2, 0.25) is 0 Å². The van der Waals surface area contributed by atoms with E-state index in [1.54, 1.807) is 7.11 Å². The summed E-state index contributed by atoms with van der Waals surface area (Å²) < 4.78 is 5.58. The number of methoxy groups -OCH3 is 1. The number of hydrogen-bond acceptors (Lipinski definition) is 4. The van der Waals surface area contributed by atoms with E-state index >= 15 is 0 Å². The lowest BCUT2D eigenvalue weighted by Crippen LogP contribution is -2.58. The van der Waals surface area contributed by atoms with Gasteiger partial charge in [0.15, 0.2) is 0 Å². The Hall–Kier alpha value is -1.00. The highest BCUT2D eigenvalue weighted by Gasteiger charge is 2.62. The fraction of sp³-hybridized carbons (Fsp3) is 0.800. The third-order valence-corrected chi connectivity index (χ3v) is 8.01. The molecule has 3 N–H and O–H groups in total. The highest BCUT2D eigenvalue weighted by molar-refractivity contribution is 5.99. The summed E-state index contributed by atoms with van der Waals surface area (Å²) in [7, 11) is 1.77. The minimum absolute atomic E-state index is 0.0181. The van der Waals surface area contributed by atoms with Crippen LogP contribution >= 0.6 is 0 Å². The third-order valence-electron chi connectivity index (χ3n) is 8.01. The molecule has 3 fully saturated rings. The third kappa shape index (κ3) is 1.99. The molecule has 24 heavy (non-hydrogen) atoms. The molecule has 0 radical (unpaired) electrons. The molecule has 0 aliphatic heterocycles. The highest BCUT2D eigenvalue weighted by Crippen LogP contribution is 2.63. The van der Waals surface area contributed by atoms with Gasteiger partial charge in [-0.15, -0.1) is 0 Å². The summed E-state index contributed by atoms with van der Waals surface area (Å²) >= 11 is 0. The van der Waals surface area contributed by atoms with Crippen LogP contribution in [0.15, 0.2) is 11.6 Å². The summed E-state index contributed by atoms with van der Waals surface area (Å²) in [6.07, 6.45) is 7.43. The van der Waals surface area contributed by atoms with Crippen molar-refractivity contribution in [1.82, 2.24) is 0 Å². The maximum absolute atomic E-state index is 11.1. The molecule has 4 aliphatic carbocycles. The average Bonchev–Trinajstić information content (AvgIpc) is 2.82. The topological polar surface area (TPSA) is 77.2 Å². The predicted molar refractivity (Wildman–Crippen MR) is 94.7 cm³/mol. The number of fused-ring (bicyclic) bond motifs is 5. The van der Waals surface area contributed by atoms with Gasteiger partial charge >= 0.3 is 0 Å². The van der Waals surface area contributed by atoms with Crippen molar-refractivity contribution in [2.45, 2.75) is 64.6 Å². The quantitative estimate of drug-likeness (QED) is 0.687. The lowest BCUT2D eigenvalue weighted by Gasteiger charge is -2.58. The Balaban J connectivity index is 1.78. The van der Waals surface area contributed by atoms with Crippen molar-refractivity contribution in [3.8, 4) is 0 Å². The zero-order valence-corrected chi connectivity index (χ0v) is 15.1. The van der Waals surface area contributed by atoms with Crippen LogP contribution < -0.4 is 0 Å². The van der Waals surface area contributed by atoms with Crippen molar-refractivity contribution in [2.24, 2.45) is 28.6 Å². The van der Waals surface area contributed by atoms with Crippen LogP contribution in [0.4, 0.5) is 0 Å². The van der Waals surface area contributed by atoms with Gasteiger partial charge in [0, 0.05) is 35.8 Å². The summed E-state index contributed by atoms with van der Waals surface area (Å²) in [6, 6.07) is 0. The first-order chi connectivity index (χ1) is 11.3. The molecule has 0 aromatic rings. The van der Waals surface area contributed by atoms with Crippen molar-refractivity contribution < 1.29 is 9.84 Å². The molecular formula is C20H30N2O2. The van der Waals surface area contributed by atoms with Crippen molar-refractivity contribution in [1.29, 1.82) is 10.8 Å². The second-order valence-corrected chi connectivity index (χ2v) is 9.01. The standard InChI is InChI=1S/C20H30N2O2/c1-19-7-6-12(24-3)8-11(19)9-14(21)17-13-4-5-16(22)20(13,2)10-15(23)18(17)19/h9,12-13,15,17-18,21-23H,4-8,10H2,1-3H3/t12-,13?,15+,17?,18?,19?,20?/m0/s1. The van der Waals surface area contributed by atoms with Gasteiger partial charge in [0.1, 0.15) is 0 Å². The summed E-state index contributed by atoms with van der Waals surface area (Å²) in [5.41, 5.74) is 2.56. The first-order valence-corrected chi connectivity index (χ1v) is 9.39. The van der Waals surface area contributed by atoms with Gasteiger partial charge in [0.05, 0.1) is 12.2 Å². The van der Waals surface area contributed by atoms with E-state index in [0.717, 1.165) is 37.8 Å². The Bertz CT molecular complexity index is 627. The van der Waals surface area contributed by atoms with E-state index in [0.29, 0.717) is 18.1 Å². The van der Waals surface area contributed by atoms with E-state index in [9.17, 15) is 5.11 Å². The second-order valence-electron chi connectivity index (χ2n) is 9.01. The van der Waals surface area contributed by atoms with Gasteiger partial charge in [0.25, 0.3) is 0 Å². The molecule has 0 amide bonds. The van der Waals surface area contributed by atoms with E-state index in [1.807, 2.05) is 0 Å². The molecule has 132 valence electrons. The molecule has 7 atom stereocenters. The van der Waals surface area contributed by atoms with Crippen LogP contribution in [0.3, 0.4) is 0 Å². The number of allylic oxidation sites excluding steroid dienone is 1. The van der Waals surface area contributed by atoms with Crippen molar-refractivity contribution >= 4 is 11.4 Å². The molecule has 4 aliphatic rings. The number of rotatable bonds is 1. The van der Waals surface area contributed by atoms with E-state index in [4.69, 9.17) is 15.6 Å². The smallest absolute Gasteiger partial charge is 0.0609 e. The fourth-order valence-electron chi connectivity index (χ4n) is 6.55. The number of aliphatic hydroxyl groups is 1. The number of aliphatic hydroxyl groups excluding tert-OH is 1. The molecule has 5 unspecified atom stereocenters. The van der Waals surface area contributed by atoms with Gasteiger partial charge in [-0.1, -0.05) is 19.4 Å². The second kappa shape index (κ2) is 5.25. The zero-order chi connectivity index (χ0) is 17.3. The van der Waals surface area contributed by atoms with E-state index < -0.39 is 6.10 Å². The van der Waals surface area contributed by atoms with Gasteiger partial charge in [0.2, 0.25) is 0 Å². The fourth-order valence-corrected chi connectivity index (χ4v) is 6.55. The average molecular weight is 330 g/mol. The maximum atomic E-state index is 11.1. The normalized spacial score (nSPS) is 50.8. The van der Waals surface area contributed by atoms with E-state index in [-0.39, 0.29) is 28.8 Å². The molecule has 0 saturated heterocycles. The maximum Gasteiger partial charge on any atom is 0.0609 e. The highest BCUT2D eigenvalue weighted by atomic mass is 16.5. The van der Waals surface area contributed by atoms with Gasteiger partial charge < -0.3 is 20.7 Å². The molecule has 0 bridgehead atoms. The Morgan fingerprint density at radius 3 is 2.67 bits per heavy atom. The largest absolute Gasteiger partial charge is 0.393 e. The molecule has 4 nitrogen and oxygen atoms in total. The first kappa shape index (κ1) is 16.5. The monoisotopic (exact) mass is 330 g/mol. The summed E-state index contributed by atoms with van der Waals surface area (Å²) in [4.78, 5) is 0. The number of ether oxygens (including phenoxy) is 1. The first-order valence-electron chi connectivity index (χ1n) is 9.39. The lowest BCUT2D eigenvalue weighted by atomic mass is 9.46. The van der Waals surface area contributed by atoms with Crippen LogP contribution in [-0.2, 0) is 4.74 Å². The molecule has 0 heterocycles. The molecular weight excluding hydrogens is 300 g/mol. The van der Waals surface area contributed by atoms with Crippen LogP contribution in [0, 0.1) is 39.4 Å². The van der Waals surface area contributed by atoms with Crippen molar-refractivity contribution in [2.75, 3.05) is 7.11 Å². The van der Waals surface area contributed by atoms with Crippen LogP contribution in [0.1, 0.15) is 52.4 Å². The molecule has 0 aromatic heterocycles. The summed E-state index contributed by atoms with van der Waals surface area (Å²) in [6.45, 7) is 4.46. The van der Waals surface area contributed by atoms with E-state index in [1.165, 1.54) is 5.57 Å². The Kier molecular flexibility index (Phi) is 3.60. The van der Waals surface area contributed by atoms with Crippen LogP contribution in [0.25, 0.3) is 0 Å². The van der Waals surface area contributed by atoms with Gasteiger partial charge in [-0.05, 0) is 55.9 Å². The lowest BCUT2D eigenvalue weighted by molar-refractivity contribution is -0.0812. The van der Waals surface area contributed by atoms with Crippen LogP contribution in [0.5, 0.6) is 0 Å². The van der Waals surface area contributed by atoms with Gasteiger partial charge in [-0.2, -0.15) is 0 Å². The minimum atomic E-state index is -0.414. The Morgan fingerprint density at radius 1 is 1.21 bits per heavy atom. The summed E-state index contributed by atoms with van der Waals surface area (Å²) in [5.74, 6) is 0.585. The van der Waals surface area contributed by atoms with Gasteiger partial charge in [-0.3, -0.25) is 0 Å². The van der Waals surface area contributed by atoms with Crippen LogP contribution in [-0.4, -0.2) is 35.8 Å². The predicted octanol–water partition coefficient (Wildman–Crippen LogP) is 3.58. The molecule has 3 saturated carbocycles. The van der Waals surface area contributed by atoms with E-state index in [2.05, 4.69) is 19.9 Å². The Morgan fingerprint density at radius 2 is 1.96 bits per heavy atom. The Labute approximate surface area is 144 Å². The zero-order valence-electron chi connectivity index (χ0n) is 15.1. The molecule has 0 spiro atoms. The minimum Gasteiger partial charge on any atom is -0.393 e. The summed E-state index contributed by atoms with van der Waals surface area (Å²) in [5, 5.41) is 28.3. The molecule has 0 aromatic carbocycles. The SMILES string of the molecule is CO[C@H]1CCC2(C)C(=CC(=N)C3C4CCC(=N)C4(C)C[C@@H](O)C32)C1. The van der Waals surface area contributed by atoms with Crippen molar-refractivity contribution in [3.63, 3.8) is 0 Å². The van der Waals surface area contributed by atoms with Gasteiger partial charge in [-0.25, -0.2) is 0 Å².